The van der Waals surface area contributed by atoms with Gasteiger partial charge in [0.2, 0.25) is 6.10 Å². The van der Waals surface area contributed by atoms with Crippen molar-refractivity contribution in [3.63, 3.8) is 0 Å². The highest BCUT2D eigenvalue weighted by Gasteiger charge is 2.37. The Morgan fingerprint density at radius 3 is 3.00 bits per heavy atom. The molecule has 1 saturated carbocycles. The SMILES string of the molecule is O=C(N[C@H]1CCc2cc(Cl)ccc21)C1CC(C2CC2)=NO1. The zero-order chi connectivity index (χ0) is 14.4. The molecule has 1 aliphatic heterocycles. The number of nitrogens with zero attached hydrogens (tertiary/aromatic N) is 1. The van der Waals surface area contributed by atoms with Gasteiger partial charge in [-0.3, -0.25) is 4.79 Å². The Morgan fingerprint density at radius 2 is 2.19 bits per heavy atom. The molecule has 0 bridgehead atoms. The van der Waals surface area contributed by atoms with E-state index >= 15 is 0 Å². The lowest BCUT2D eigenvalue weighted by atomic mass is 10.1. The molecule has 4 nitrogen and oxygen atoms in total. The van der Waals surface area contributed by atoms with Crippen LogP contribution in [0.5, 0.6) is 0 Å². The van der Waals surface area contributed by atoms with Crippen molar-refractivity contribution in [1.82, 2.24) is 5.32 Å². The van der Waals surface area contributed by atoms with Crippen molar-refractivity contribution in [1.29, 1.82) is 0 Å². The van der Waals surface area contributed by atoms with Crippen molar-refractivity contribution >= 4 is 23.2 Å². The lowest BCUT2D eigenvalue weighted by molar-refractivity contribution is -0.131. The Balaban J connectivity index is 1.40. The molecule has 2 atom stereocenters. The van der Waals surface area contributed by atoms with Gasteiger partial charge in [0.1, 0.15) is 0 Å². The third-order valence-corrected chi connectivity index (χ3v) is 4.77. The molecule has 1 amide bonds. The Kier molecular flexibility index (Phi) is 3.14. The number of carbonyl (C=O) groups excluding carboxylic acids is 1. The van der Waals surface area contributed by atoms with E-state index in [4.69, 9.17) is 16.4 Å². The number of hydrogen-bond donors (Lipinski definition) is 1. The van der Waals surface area contributed by atoms with Crippen molar-refractivity contribution < 1.29 is 9.63 Å². The molecule has 2 aliphatic carbocycles. The minimum absolute atomic E-state index is 0.0535. The first-order chi connectivity index (χ1) is 10.2. The lowest BCUT2D eigenvalue weighted by Crippen LogP contribution is -2.36. The number of halogens is 1. The van der Waals surface area contributed by atoms with Gasteiger partial charge in [0, 0.05) is 17.4 Å². The number of benzene rings is 1. The molecule has 4 rings (SSSR count). The van der Waals surface area contributed by atoms with Gasteiger partial charge in [0.05, 0.1) is 11.8 Å². The highest BCUT2D eigenvalue weighted by Crippen LogP contribution is 2.36. The molecule has 21 heavy (non-hydrogen) atoms. The predicted octanol–water partition coefficient (Wildman–Crippen LogP) is 3.00. The maximum atomic E-state index is 12.3. The number of rotatable bonds is 3. The second-order valence-corrected chi connectivity index (χ2v) is 6.53. The summed E-state index contributed by atoms with van der Waals surface area (Å²) in [6.45, 7) is 0. The average Bonchev–Trinajstić information content (AvgIpc) is 3.07. The summed E-state index contributed by atoms with van der Waals surface area (Å²) in [4.78, 5) is 17.6. The van der Waals surface area contributed by atoms with Crippen LogP contribution in [0.4, 0.5) is 0 Å². The molecule has 110 valence electrons. The van der Waals surface area contributed by atoms with Gasteiger partial charge in [-0.15, -0.1) is 0 Å². The highest BCUT2D eigenvalue weighted by molar-refractivity contribution is 6.30. The summed E-state index contributed by atoms with van der Waals surface area (Å²) in [5.41, 5.74) is 3.47. The first-order valence-electron chi connectivity index (χ1n) is 7.52. The Labute approximate surface area is 128 Å². The van der Waals surface area contributed by atoms with Crippen molar-refractivity contribution in [2.24, 2.45) is 11.1 Å². The standard InChI is InChI=1S/C16H17ClN2O2/c17-11-4-5-12-10(7-11)3-6-13(12)18-16(20)15-8-14(19-21-15)9-1-2-9/h4-5,7,9,13,15H,1-3,6,8H2,(H,18,20)/t13-,15?/m0/s1. The summed E-state index contributed by atoms with van der Waals surface area (Å²) in [5.74, 6) is 0.513. The maximum Gasteiger partial charge on any atom is 0.264 e. The van der Waals surface area contributed by atoms with Gasteiger partial charge < -0.3 is 10.2 Å². The van der Waals surface area contributed by atoms with Crippen molar-refractivity contribution in [3.8, 4) is 0 Å². The largest absolute Gasteiger partial charge is 0.382 e. The van der Waals surface area contributed by atoms with Crippen molar-refractivity contribution in [3.05, 3.63) is 34.3 Å². The van der Waals surface area contributed by atoms with Crippen LogP contribution in [0.1, 0.15) is 42.9 Å². The molecule has 1 N–H and O–H groups in total. The molecule has 0 radical (unpaired) electrons. The van der Waals surface area contributed by atoms with E-state index in [9.17, 15) is 4.79 Å². The maximum absolute atomic E-state index is 12.3. The molecular formula is C16H17ClN2O2. The Bertz CT molecular complexity index is 625. The third-order valence-electron chi connectivity index (χ3n) is 4.53. The van der Waals surface area contributed by atoms with Crippen LogP contribution in [0.2, 0.25) is 5.02 Å². The monoisotopic (exact) mass is 304 g/mol. The minimum atomic E-state index is -0.447. The fraction of sp³-hybridized carbons (Fsp3) is 0.500. The number of fused-ring (bicyclic) bond motifs is 1. The fourth-order valence-corrected chi connectivity index (χ4v) is 3.39. The number of aryl methyl sites for hydroxylation is 1. The third kappa shape index (κ3) is 2.53. The van der Waals surface area contributed by atoms with E-state index in [1.165, 1.54) is 24.0 Å². The zero-order valence-electron chi connectivity index (χ0n) is 11.6. The van der Waals surface area contributed by atoms with E-state index in [0.717, 1.165) is 23.6 Å². The summed E-state index contributed by atoms with van der Waals surface area (Å²) in [6, 6.07) is 5.95. The van der Waals surface area contributed by atoms with Gasteiger partial charge in [-0.1, -0.05) is 22.8 Å². The molecule has 3 aliphatic rings. The molecule has 1 heterocycles. The van der Waals surface area contributed by atoms with Crippen LogP contribution in [-0.2, 0) is 16.1 Å². The van der Waals surface area contributed by atoms with Gasteiger partial charge in [-0.25, -0.2) is 0 Å². The number of amides is 1. The quantitative estimate of drug-likeness (QED) is 0.933. The van der Waals surface area contributed by atoms with E-state index < -0.39 is 6.10 Å². The number of hydrogen-bond acceptors (Lipinski definition) is 3. The van der Waals surface area contributed by atoms with Crippen LogP contribution >= 0.6 is 11.6 Å². The second-order valence-electron chi connectivity index (χ2n) is 6.10. The summed E-state index contributed by atoms with van der Waals surface area (Å²) < 4.78 is 0. The summed E-state index contributed by atoms with van der Waals surface area (Å²) in [5, 5.41) is 7.92. The first kappa shape index (κ1) is 13.1. The van der Waals surface area contributed by atoms with Crippen molar-refractivity contribution in [2.75, 3.05) is 0 Å². The molecule has 1 unspecified atom stereocenters. The summed E-state index contributed by atoms with van der Waals surface area (Å²) in [7, 11) is 0. The molecule has 0 spiro atoms. The normalized spacial score (nSPS) is 27.0. The number of nitrogens with one attached hydrogen (secondary N) is 1. The molecule has 1 aromatic rings. The number of oxime groups is 1. The minimum Gasteiger partial charge on any atom is -0.382 e. The van der Waals surface area contributed by atoms with Gasteiger partial charge >= 0.3 is 0 Å². The topological polar surface area (TPSA) is 50.7 Å². The first-order valence-corrected chi connectivity index (χ1v) is 7.90. The molecular weight excluding hydrogens is 288 g/mol. The van der Waals surface area contributed by atoms with E-state index in [0.29, 0.717) is 12.3 Å². The Morgan fingerprint density at radius 1 is 1.33 bits per heavy atom. The van der Waals surface area contributed by atoms with Crippen LogP contribution in [0, 0.1) is 5.92 Å². The van der Waals surface area contributed by atoms with Gasteiger partial charge in [-0.2, -0.15) is 0 Å². The van der Waals surface area contributed by atoms with Crippen LogP contribution in [0.15, 0.2) is 23.4 Å². The van der Waals surface area contributed by atoms with Gasteiger partial charge in [0.15, 0.2) is 0 Å². The molecule has 0 aromatic heterocycles. The predicted molar refractivity (Wildman–Crippen MR) is 80.3 cm³/mol. The summed E-state index contributed by atoms with van der Waals surface area (Å²) >= 11 is 6.01. The van der Waals surface area contributed by atoms with E-state index in [2.05, 4.69) is 10.5 Å². The summed E-state index contributed by atoms with van der Waals surface area (Å²) in [6.07, 6.45) is 4.45. The smallest absolute Gasteiger partial charge is 0.264 e. The van der Waals surface area contributed by atoms with Crippen LogP contribution in [0.3, 0.4) is 0 Å². The molecule has 1 fully saturated rings. The average molecular weight is 305 g/mol. The van der Waals surface area contributed by atoms with E-state index in [-0.39, 0.29) is 11.9 Å². The number of carbonyl (C=O) groups is 1. The fourth-order valence-electron chi connectivity index (χ4n) is 3.19. The van der Waals surface area contributed by atoms with Crippen LogP contribution in [0.25, 0.3) is 0 Å². The molecule has 1 aromatic carbocycles. The zero-order valence-corrected chi connectivity index (χ0v) is 12.4. The molecule has 0 saturated heterocycles. The van der Waals surface area contributed by atoms with Gasteiger partial charge in [0.25, 0.3) is 5.91 Å². The lowest BCUT2D eigenvalue weighted by Gasteiger charge is -2.16. The van der Waals surface area contributed by atoms with E-state index in [1.807, 2.05) is 18.2 Å². The van der Waals surface area contributed by atoms with Gasteiger partial charge in [-0.05, 0) is 48.9 Å². The van der Waals surface area contributed by atoms with Crippen molar-refractivity contribution in [2.45, 2.75) is 44.2 Å². The second kappa shape index (κ2) is 5.02. The van der Waals surface area contributed by atoms with Crippen LogP contribution < -0.4 is 5.32 Å². The van der Waals surface area contributed by atoms with E-state index in [1.54, 1.807) is 0 Å². The highest BCUT2D eigenvalue weighted by atomic mass is 35.5. The van der Waals surface area contributed by atoms with Crippen LogP contribution in [-0.4, -0.2) is 17.7 Å². The molecule has 5 heteroatoms. The Hall–Kier alpha value is -1.55.